The van der Waals surface area contributed by atoms with Gasteiger partial charge in [-0.1, -0.05) is 18.2 Å². The highest BCUT2D eigenvalue weighted by molar-refractivity contribution is 6.29. The second-order valence-electron chi connectivity index (χ2n) is 2.95. The number of nitrogens with zero attached hydrogens (tertiary/aromatic N) is 1. The van der Waals surface area contributed by atoms with Gasteiger partial charge in [0, 0.05) is 6.21 Å². The van der Waals surface area contributed by atoms with Gasteiger partial charge in [-0.15, -0.1) is 0 Å². The van der Waals surface area contributed by atoms with Crippen LogP contribution in [0, 0.1) is 5.92 Å². The van der Waals surface area contributed by atoms with Crippen molar-refractivity contribution in [1.82, 2.24) is 0 Å². The van der Waals surface area contributed by atoms with Crippen molar-refractivity contribution < 1.29 is 19.1 Å². The molecule has 0 spiro atoms. The third-order valence-electron chi connectivity index (χ3n) is 1.70. The Morgan fingerprint density at radius 2 is 2.06 bits per heavy atom. The largest absolute Gasteiger partial charge is 0.480 e. The van der Waals surface area contributed by atoms with Crippen molar-refractivity contribution in [3.05, 3.63) is 23.6 Å². The number of aliphatic carboxylic acids is 1. The van der Waals surface area contributed by atoms with Gasteiger partial charge in [-0.2, -0.15) is 0 Å². The summed E-state index contributed by atoms with van der Waals surface area (Å²) in [7, 11) is 0. The Balaban J connectivity index is 5.02. The molecule has 8 heteroatoms. The maximum absolute atomic E-state index is 13.4. The molecule has 6 nitrogen and oxygen atoms in total. The van der Waals surface area contributed by atoms with Crippen LogP contribution in [-0.2, 0) is 9.59 Å². The molecule has 0 saturated carbocycles. The zero-order valence-electron chi connectivity index (χ0n) is 8.64. The molecular weight excluding hydrogens is 253 g/mol. The number of rotatable bonds is 6. The van der Waals surface area contributed by atoms with E-state index in [-0.39, 0.29) is 5.16 Å². The normalized spacial score (nSPS) is 15.6. The van der Waals surface area contributed by atoms with Crippen LogP contribution in [0.1, 0.15) is 0 Å². The van der Waals surface area contributed by atoms with E-state index < -0.39 is 29.7 Å². The van der Waals surface area contributed by atoms with E-state index in [1.165, 1.54) is 0 Å². The number of carbonyl (C=O) groups is 2. The van der Waals surface area contributed by atoms with Crippen LogP contribution in [-0.4, -0.2) is 29.2 Å². The second-order valence-corrected chi connectivity index (χ2v) is 3.39. The zero-order chi connectivity index (χ0) is 13.6. The van der Waals surface area contributed by atoms with Gasteiger partial charge in [0.2, 0.25) is 5.91 Å². The highest BCUT2D eigenvalue weighted by atomic mass is 35.5. The minimum Gasteiger partial charge on any atom is -0.480 e. The van der Waals surface area contributed by atoms with Crippen molar-refractivity contribution in [2.24, 2.45) is 22.4 Å². The molecule has 0 rings (SSSR count). The molecule has 0 bridgehead atoms. The lowest BCUT2D eigenvalue weighted by atomic mass is 9.98. The summed E-state index contributed by atoms with van der Waals surface area (Å²) < 4.78 is 13.4. The molecule has 5 N–H and O–H groups in total. The SMILES string of the molecule is C=C(Cl)N=C/C=C(\F)[C@H](C(N)=O)[C@@H](N)C(=O)O. The van der Waals surface area contributed by atoms with Crippen LogP contribution in [0.15, 0.2) is 28.6 Å². The highest BCUT2D eigenvalue weighted by Gasteiger charge is 2.32. The van der Waals surface area contributed by atoms with E-state index in [0.717, 1.165) is 12.3 Å². The van der Waals surface area contributed by atoms with Crippen LogP contribution >= 0.6 is 11.6 Å². The van der Waals surface area contributed by atoms with Crippen LogP contribution in [0.5, 0.6) is 0 Å². The topological polar surface area (TPSA) is 119 Å². The summed E-state index contributed by atoms with van der Waals surface area (Å²) in [5.74, 6) is -5.61. The monoisotopic (exact) mass is 263 g/mol. The van der Waals surface area contributed by atoms with Crippen LogP contribution in [0.2, 0.25) is 0 Å². The van der Waals surface area contributed by atoms with Crippen molar-refractivity contribution in [2.75, 3.05) is 0 Å². The summed E-state index contributed by atoms with van der Waals surface area (Å²) in [6.45, 7) is 3.20. The maximum atomic E-state index is 13.4. The Labute approximate surface area is 101 Å². The number of carboxylic acids is 1. The summed E-state index contributed by atoms with van der Waals surface area (Å²) in [5, 5.41) is 8.46. The summed E-state index contributed by atoms with van der Waals surface area (Å²) >= 11 is 5.26. The van der Waals surface area contributed by atoms with Crippen molar-refractivity contribution >= 4 is 29.7 Å². The molecule has 0 aliphatic rings. The Morgan fingerprint density at radius 3 is 2.41 bits per heavy atom. The Morgan fingerprint density at radius 1 is 1.53 bits per heavy atom. The maximum Gasteiger partial charge on any atom is 0.321 e. The van der Waals surface area contributed by atoms with E-state index >= 15 is 0 Å². The number of hydrogen-bond acceptors (Lipinski definition) is 4. The molecule has 17 heavy (non-hydrogen) atoms. The second kappa shape index (κ2) is 6.77. The molecule has 0 saturated heterocycles. The third-order valence-corrected chi connectivity index (χ3v) is 1.79. The molecule has 0 aromatic rings. The van der Waals surface area contributed by atoms with Gasteiger partial charge in [0.05, 0.1) is 0 Å². The fraction of sp³-hybridized carbons (Fsp3) is 0.222. The average Bonchev–Trinajstić information content (AvgIpc) is 2.16. The first-order valence-corrected chi connectivity index (χ1v) is 4.67. The number of aliphatic imine (C=N–C) groups is 1. The number of allylic oxidation sites excluding steroid dienone is 1. The minimum atomic E-state index is -1.77. The van der Waals surface area contributed by atoms with Gasteiger partial charge < -0.3 is 16.6 Å². The lowest BCUT2D eigenvalue weighted by Gasteiger charge is -2.14. The summed E-state index contributed by atoms with van der Waals surface area (Å²) in [5.41, 5.74) is 9.98. The predicted octanol–water partition coefficient (Wildman–Crippen LogP) is 0.134. The van der Waals surface area contributed by atoms with Gasteiger partial charge in [0.1, 0.15) is 22.9 Å². The molecule has 1 amide bonds. The van der Waals surface area contributed by atoms with E-state index in [1.807, 2.05) is 0 Å². The van der Waals surface area contributed by atoms with Gasteiger partial charge in [-0.3, -0.25) is 9.59 Å². The van der Waals surface area contributed by atoms with Gasteiger partial charge in [0.25, 0.3) is 0 Å². The third kappa shape index (κ3) is 5.23. The first-order valence-electron chi connectivity index (χ1n) is 4.29. The Hall–Kier alpha value is -1.73. The number of halogens is 2. The molecule has 94 valence electrons. The average molecular weight is 264 g/mol. The van der Waals surface area contributed by atoms with Crippen LogP contribution in [0.4, 0.5) is 4.39 Å². The smallest absolute Gasteiger partial charge is 0.321 e. The standard InChI is InChI=1S/C9H11ClFN3O3/c1-4(10)14-3-2-5(11)6(8(13)15)7(12)9(16)17/h2-3,6-7H,1,12H2,(H2,13,15)(H,16,17)/b5-2-,14-3?/t6-,7+/m0/s1. The molecule has 0 unspecified atom stereocenters. The molecule has 0 aromatic carbocycles. The van der Waals surface area contributed by atoms with Gasteiger partial charge in [-0.05, 0) is 6.08 Å². The molecule has 0 fully saturated rings. The highest BCUT2D eigenvalue weighted by Crippen LogP contribution is 2.15. The van der Waals surface area contributed by atoms with E-state index in [2.05, 4.69) is 11.6 Å². The molecular formula is C9H11ClFN3O3. The van der Waals surface area contributed by atoms with Crippen LogP contribution < -0.4 is 11.5 Å². The zero-order valence-corrected chi connectivity index (χ0v) is 9.39. The van der Waals surface area contributed by atoms with E-state index in [4.69, 9.17) is 28.2 Å². The molecule has 0 heterocycles. The van der Waals surface area contributed by atoms with Gasteiger partial charge in [-0.25, -0.2) is 9.38 Å². The van der Waals surface area contributed by atoms with Crippen molar-refractivity contribution in [1.29, 1.82) is 0 Å². The lowest BCUT2D eigenvalue weighted by molar-refractivity contribution is -0.142. The number of carboxylic acid groups (broad SMARTS) is 1. The number of primary amides is 1. The molecule has 0 radical (unpaired) electrons. The minimum absolute atomic E-state index is 0.104. The predicted molar refractivity (Wildman–Crippen MR) is 61.0 cm³/mol. The first kappa shape index (κ1) is 15.3. The first-order chi connectivity index (χ1) is 7.77. The molecule has 2 atom stereocenters. The quantitative estimate of drug-likeness (QED) is 0.466. The van der Waals surface area contributed by atoms with Crippen LogP contribution in [0.25, 0.3) is 0 Å². The van der Waals surface area contributed by atoms with Crippen molar-refractivity contribution in [2.45, 2.75) is 6.04 Å². The lowest BCUT2D eigenvalue weighted by Crippen LogP contribution is -2.45. The van der Waals surface area contributed by atoms with Gasteiger partial charge >= 0.3 is 5.97 Å². The van der Waals surface area contributed by atoms with E-state index in [1.54, 1.807) is 0 Å². The molecule has 0 aromatic heterocycles. The fourth-order valence-electron chi connectivity index (χ4n) is 0.920. The van der Waals surface area contributed by atoms with E-state index in [0.29, 0.717) is 0 Å². The molecule has 0 aliphatic carbocycles. The van der Waals surface area contributed by atoms with E-state index in [9.17, 15) is 14.0 Å². The fourth-order valence-corrected chi connectivity index (χ4v) is 0.976. The van der Waals surface area contributed by atoms with Crippen LogP contribution in [0.3, 0.4) is 0 Å². The number of carbonyl (C=O) groups excluding carboxylic acids is 1. The van der Waals surface area contributed by atoms with Crippen molar-refractivity contribution in [3.8, 4) is 0 Å². The summed E-state index contributed by atoms with van der Waals surface area (Å²) in [6, 6.07) is -1.77. The summed E-state index contributed by atoms with van der Waals surface area (Å²) in [4.78, 5) is 24.8. The Kier molecular flexibility index (Phi) is 6.08. The van der Waals surface area contributed by atoms with Gasteiger partial charge in [0.15, 0.2) is 0 Å². The number of nitrogens with two attached hydrogens (primary N) is 2. The summed E-state index contributed by atoms with van der Waals surface area (Å²) in [6.07, 6.45) is 1.65. The number of hydrogen-bond donors (Lipinski definition) is 3. The number of amides is 1. The van der Waals surface area contributed by atoms with Crippen molar-refractivity contribution in [3.63, 3.8) is 0 Å². The Bertz CT molecular complexity index is 395. The molecule has 0 aliphatic heterocycles.